The first kappa shape index (κ1) is 18.2. The Morgan fingerprint density at radius 2 is 2.10 bits per heavy atom. The first-order valence-electron chi connectivity index (χ1n) is 7.09. The van der Waals surface area contributed by atoms with Crippen molar-refractivity contribution in [3.05, 3.63) is 16.1 Å². The van der Waals surface area contributed by atoms with E-state index in [0.717, 1.165) is 18.4 Å². The molecular formula is C14H25Cl2N3S. The van der Waals surface area contributed by atoms with Crippen molar-refractivity contribution in [2.24, 2.45) is 11.8 Å². The molecule has 2 aliphatic rings. The fourth-order valence-corrected chi connectivity index (χ4v) is 3.97. The van der Waals surface area contributed by atoms with Crippen LogP contribution in [0.15, 0.2) is 5.38 Å². The Labute approximate surface area is 138 Å². The summed E-state index contributed by atoms with van der Waals surface area (Å²) in [6, 6.07) is 0. The molecule has 0 bridgehead atoms. The lowest BCUT2D eigenvalue weighted by Gasteiger charge is -2.33. The average molecular weight is 338 g/mol. The first-order valence-corrected chi connectivity index (χ1v) is 7.97. The number of rotatable bonds is 3. The molecule has 3 rings (SSSR count). The van der Waals surface area contributed by atoms with E-state index in [0.29, 0.717) is 5.92 Å². The van der Waals surface area contributed by atoms with Crippen LogP contribution in [0.1, 0.15) is 36.9 Å². The summed E-state index contributed by atoms with van der Waals surface area (Å²) in [7, 11) is 0. The standard InChI is InChI=1S/C14H23N3S.2ClH/c1-10(2)14-16-13(9-18-14)8-17-4-3-11-5-15-6-12(11)7-17;;/h9-12,15H,3-8H2,1-2H3;2*1H. The van der Waals surface area contributed by atoms with Gasteiger partial charge in [0.15, 0.2) is 0 Å². The zero-order valence-electron chi connectivity index (χ0n) is 12.2. The quantitative estimate of drug-likeness (QED) is 0.918. The van der Waals surface area contributed by atoms with Gasteiger partial charge in [-0.1, -0.05) is 13.8 Å². The van der Waals surface area contributed by atoms with Gasteiger partial charge in [0, 0.05) is 24.4 Å². The number of aromatic nitrogens is 1. The van der Waals surface area contributed by atoms with Crippen LogP contribution in [0.3, 0.4) is 0 Å². The maximum atomic E-state index is 4.75. The van der Waals surface area contributed by atoms with Gasteiger partial charge in [0.05, 0.1) is 10.7 Å². The minimum atomic E-state index is 0. The van der Waals surface area contributed by atoms with E-state index in [9.17, 15) is 0 Å². The van der Waals surface area contributed by atoms with Gasteiger partial charge in [0.25, 0.3) is 0 Å². The van der Waals surface area contributed by atoms with E-state index in [1.54, 1.807) is 0 Å². The van der Waals surface area contributed by atoms with Gasteiger partial charge in [-0.05, 0) is 37.9 Å². The topological polar surface area (TPSA) is 28.2 Å². The first-order chi connectivity index (χ1) is 8.72. The Hall–Kier alpha value is 0.130. The molecule has 2 atom stereocenters. The predicted molar refractivity (Wildman–Crippen MR) is 90.4 cm³/mol. The molecule has 0 radical (unpaired) electrons. The number of hydrogen-bond donors (Lipinski definition) is 1. The minimum Gasteiger partial charge on any atom is -0.316 e. The van der Waals surface area contributed by atoms with Crippen molar-refractivity contribution in [2.45, 2.75) is 32.7 Å². The normalized spacial score (nSPS) is 25.9. The molecule has 1 N–H and O–H groups in total. The van der Waals surface area contributed by atoms with Crippen LogP contribution in [0.25, 0.3) is 0 Å². The van der Waals surface area contributed by atoms with Crippen LogP contribution in [0.4, 0.5) is 0 Å². The average Bonchev–Trinajstić information content (AvgIpc) is 2.96. The highest BCUT2D eigenvalue weighted by Gasteiger charge is 2.32. The van der Waals surface area contributed by atoms with Crippen molar-refractivity contribution in [2.75, 3.05) is 26.2 Å². The fourth-order valence-electron chi connectivity index (χ4n) is 3.14. The van der Waals surface area contributed by atoms with Crippen LogP contribution in [0, 0.1) is 11.8 Å². The Kier molecular flexibility index (Phi) is 7.22. The summed E-state index contributed by atoms with van der Waals surface area (Å²) in [5, 5.41) is 7.05. The predicted octanol–water partition coefficient (Wildman–Crippen LogP) is 3.15. The molecule has 6 heteroatoms. The molecule has 3 heterocycles. The second-order valence-electron chi connectivity index (χ2n) is 6.03. The summed E-state index contributed by atoms with van der Waals surface area (Å²) in [5.41, 5.74) is 1.27. The molecule has 1 aromatic rings. The van der Waals surface area contributed by atoms with E-state index in [1.165, 1.54) is 43.3 Å². The van der Waals surface area contributed by atoms with Gasteiger partial charge < -0.3 is 5.32 Å². The van der Waals surface area contributed by atoms with Crippen LogP contribution in [-0.4, -0.2) is 36.1 Å². The van der Waals surface area contributed by atoms with Crippen molar-refractivity contribution in [3.8, 4) is 0 Å². The number of fused-ring (bicyclic) bond motifs is 1. The summed E-state index contributed by atoms with van der Waals surface area (Å²) in [5.74, 6) is 2.37. The highest BCUT2D eigenvalue weighted by molar-refractivity contribution is 7.09. The lowest BCUT2D eigenvalue weighted by atomic mass is 9.89. The molecule has 0 spiro atoms. The molecule has 0 aliphatic carbocycles. The molecule has 0 aromatic carbocycles. The molecule has 2 aliphatic heterocycles. The Morgan fingerprint density at radius 3 is 2.80 bits per heavy atom. The van der Waals surface area contributed by atoms with Gasteiger partial charge in [-0.3, -0.25) is 4.90 Å². The summed E-state index contributed by atoms with van der Waals surface area (Å²) in [6.07, 6.45) is 1.36. The minimum absolute atomic E-state index is 0. The Morgan fingerprint density at radius 1 is 1.35 bits per heavy atom. The van der Waals surface area contributed by atoms with Gasteiger partial charge in [-0.15, -0.1) is 36.2 Å². The molecule has 2 saturated heterocycles. The molecule has 0 saturated carbocycles. The molecule has 1 aromatic heterocycles. The van der Waals surface area contributed by atoms with E-state index in [4.69, 9.17) is 4.98 Å². The largest absolute Gasteiger partial charge is 0.316 e. The van der Waals surface area contributed by atoms with Gasteiger partial charge in [-0.2, -0.15) is 0 Å². The highest BCUT2D eigenvalue weighted by atomic mass is 35.5. The second-order valence-corrected chi connectivity index (χ2v) is 6.92. The molecule has 2 unspecified atom stereocenters. The van der Waals surface area contributed by atoms with Crippen LogP contribution in [0.2, 0.25) is 0 Å². The molecular weight excluding hydrogens is 313 g/mol. The van der Waals surface area contributed by atoms with Crippen molar-refractivity contribution in [1.82, 2.24) is 15.2 Å². The zero-order valence-corrected chi connectivity index (χ0v) is 14.6. The van der Waals surface area contributed by atoms with E-state index < -0.39 is 0 Å². The van der Waals surface area contributed by atoms with Crippen molar-refractivity contribution in [1.29, 1.82) is 0 Å². The highest BCUT2D eigenvalue weighted by Crippen LogP contribution is 2.28. The zero-order chi connectivity index (χ0) is 12.5. The van der Waals surface area contributed by atoms with E-state index in [2.05, 4.69) is 29.4 Å². The third-order valence-corrected chi connectivity index (χ3v) is 5.43. The number of hydrogen-bond acceptors (Lipinski definition) is 4. The third-order valence-electron chi connectivity index (χ3n) is 4.24. The van der Waals surface area contributed by atoms with Crippen molar-refractivity contribution >= 4 is 36.2 Å². The van der Waals surface area contributed by atoms with Crippen molar-refractivity contribution < 1.29 is 0 Å². The maximum Gasteiger partial charge on any atom is 0.0954 e. The number of piperidine rings is 1. The van der Waals surface area contributed by atoms with E-state index >= 15 is 0 Å². The summed E-state index contributed by atoms with van der Waals surface area (Å²) in [4.78, 5) is 7.34. The molecule has 3 nitrogen and oxygen atoms in total. The SMILES string of the molecule is CC(C)c1nc(CN2CCC3CNCC3C2)cs1.Cl.Cl. The monoisotopic (exact) mass is 337 g/mol. The van der Waals surface area contributed by atoms with Gasteiger partial charge in [0.2, 0.25) is 0 Å². The van der Waals surface area contributed by atoms with Gasteiger partial charge >= 0.3 is 0 Å². The summed E-state index contributed by atoms with van der Waals surface area (Å²) >= 11 is 1.82. The Bertz CT molecular complexity index is 411. The second kappa shape index (κ2) is 7.95. The number of likely N-dealkylation sites (tertiary alicyclic amines) is 1. The Balaban J connectivity index is 0.000001000. The van der Waals surface area contributed by atoms with Crippen LogP contribution in [-0.2, 0) is 6.54 Å². The fraction of sp³-hybridized carbons (Fsp3) is 0.786. The maximum absolute atomic E-state index is 4.75. The third kappa shape index (κ3) is 4.08. The number of nitrogens with zero attached hydrogens (tertiary/aromatic N) is 2. The van der Waals surface area contributed by atoms with E-state index in [1.807, 2.05) is 11.3 Å². The van der Waals surface area contributed by atoms with Gasteiger partial charge in [-0.25, -0.2) is 4.98 Å². The van der Waals surface area contributed by atoms with Gasteiger partial charge in [0.1, 0.15) is 0 Å². The number of nitrogens with one attached hydrogen (secondary N) is 1. The van der Waals surface area contributed by atoms with Crippen molar-refractivity contribution in [3.63, 3.8) is 0 Å². The molecule has 2 fully saturated rings. The summed E-state index contributed by atoms with van der Waals surface area (Å²) < 4.78 is 0. The lowest BCUT2D eigenvalue weighted by molar-refractivity contribution is 0.141. The number of thiazole rings is 1. The lowest BCUT2D eigenvalue weighted by Crippen LogP contribution is -2.39. The van der Waals surface area contributed by atoms with Crippen LogP contribution < -0.4 is 5.32 Å². The number of halogens is 2. The molecule has 0 amide bonds. The van der Waals surface area contributed by atoms with Crippen LogP contribution in [0.5, 0.6) is 0 Å². The summed E-state index contributed by atoms with van der Waals surface area (Å²) in [6.45, 7) is 10.5. The smallest absolute Gasteiger partial charge is 0.0954 e. The molecule has 20 heavy (non-hydrogen) atoms. The molecule has 116 valence electrons. The van der Waals surface area contributed by atoms with E-state index in [-0.39, 0.29) is 24.8 Å². The van der Waals surface area contributed by atoms with Crippen LogP contribution >= 0.6 is 36.2 Å².